The first-order valence-electron chi connectivity index (χ1n) is 7.59. The maximum Gasteiger partial charge on any atom is 0.0951 e. The molecule has 1 atom stereocenters. The highest BCUT2D eigenvalue weighted by Crippen LogP contribution is 2.24. The molecule has 21 heavy (non-hydrogen) atoms. The fourth-order valence-electron chi connectivity index (χ4n) is 3.32. The maximum atomic E-state index is 4.38. The normalized spacial score (nSPS) is 18.4. The Hall–Kier alpha value is -2.13. The molecule has 3 aromatic rings. The summed E-state index contributed by atoms with van der Waals surface area (Å²) < 4.78 is 2.30. The molecule has 1 unspecified atom stereocenters. The van der Waals surface area contributed by atoms with Gasteiger partial charge in [0.15, 0.2) is 0 Å². The van der Waals surface area contributed by atoms with Gasteiger partial charge < -0.3 is 9.88 Å². The fraction of sp³-hybridized carbons (Fsp3) is 0.278. The molecule has 3 heteroatoms. The van der Waals surface area contributed by atoms with Crippen LogP contribution in [0.1, 0.15) is 23.6 Å². The molecule has 0 spiro atoms. The van der Waals surface area contributed by atoms with Crippen molar-refractivity contribution in [2.24, 2.45) is 0 Å². The van der Waals surface area contributed by atoms with E-state index in [0.29, 0.717) is 5.92 Å². The van der Waals surface area contributed by atoms with E-state index in [-0.39, 0.29) is 0 Å². The number of hydrogen-bond acceptors (Lipinski definition) is 2. The maximum absolute atomic E-state index is 4.38. The molecule has 1 saturated heterocycles. The molecule has 4 rings (SSSR count). The van der Waals surface area contributed by atoms with Crippen molar-refractivity contribution in [1.29, 1.82) is 0 Å². The molecule has 106 valence electrons. The van der Waals surface area contributed by atoms with E-state index in [4.69, 9.17) is 0 Å². The monoisotopic (exact) mass is 277 g/mol. The van der Waals surface area contributed by atoms with E-state index in [1.54, 1.807) is 0 Å². The summed E-state index contributed by atoms with van der Waals surface area (Å²) in [5, 5.41) is 6.08. The van der Waals surface area contributed by atoms with Gasteiger partial charge >= 0.3 is 0 Å². The summed E-state index contributed by atoms with van der Waals surface area (Å²) in [5.74, 6) is 0.600. The number of rotatable bonds is 3. The van der Waals surface area contributed by atoms with E-state index >= 15 is 0 Å². The summed E-state index contributed by atoms with van der Waals surface area (Å²) in [7, 11) is 0. The topological polar surface area (TPSA) is 29.9 Å². The lowest BCUT2D eigenvalue weighted by molar-refractivity contribution is 0.656. The van der Waals surface area contributed by atoms with Crippen LogP contribution < -0.4 is 5.32 Å². The molecule has 1 N–H and O–H groups in total. The molecule has 0 aliphatic carbocycles. The summed E-state index contributed by atoms with van der Waals surface area (Å²) in [4.78, 5) is 4.38. The predicted molar refractivity (Wildman–Crippen MR) is 85.5 cm³/mol. The molecule has 2 heterocycles. The summed E-state index contributed by atoms with van der Waals surface area (Å²) in [6, 6.07) is 15.1. The minimum Gasteiger partial charge on any atom is -0.330 e. The second-order valence-corrected chi connectivity index (χ2v) is 5.77. The predicted octanol–water partition coefficient (Wildman–Crippen LogP) is 3.16. The molecule has 2 aromatic carbocycles. The Bertz CT molecular complexity index is 749. The van der Waals surface area contributed by atoms with Gasteiger partial charge in [-0.2, -0.15) is 0 Å². The first-order chi connectivity index (χ1) is 10.4. The number of fused-ring (bicyclic) bond motifs is 1. The average molecular weight is 277 g/mol. The van der Waals surface area contributed by atoms with E-state index in [0.717, 1.165) is 19.6 Å². The smallest absolute Gasteiger partial charge is 0.0951 e. The van der Waals surface area contributed by atoms with Crippen LogP contribution in [0.5, 0.6) is 0 Å². The zero-order valence-electron chi connectivity index (χ0n) is 12.0. The third kappa shape index (κ3) is 2.34. The van der Waals surface area contributed by atoms with Crippen molar-refractivity contribution in [2.45, 2.75) is 18.9 Å². The van der Waals surface area contributed by atoms with Crippen LogP contribution in [0.25, 0.3) is 10.8 Å². The number of hydrogen-bond donors (Lipinski definition) is 1. The van der Waals surface area contributed by atoms with E-state index in [2.05, 4.69) is 57.3 Å². The second-order valence-electron chi connectivity index (χ2n) is 5.77. The Morgan fingerprint density at radius 2 is 2.05 bits per heavy atom. The van der Waals surface area contributed by atoms with Gasteiger partial charge in [0, 0.05) is 30.9 Å². The quantitative estimate of drug-likeness (QED) is 0.797. The second kappa shape index (κ2) is 5.34. The van der Waals surface area contributed by atoms with Crippen molar-refractivity contribution in [2.75, 3.05) is 13.1 Å². The summed E-state index contributed by atoms with van der Waals surface area (Å²) >= 11 is 0. The van der Waals surface area contributed by atoms with Gasteiger partial charge in [-0.15, -0.1) is 0 Å². The number of nitrogens with zero attached hydrogens (tertiary/aromatic N) is 2. The Balaban J connectivity index is 1.71. The lowest BCUT2D eigenvalue weighted by Gasteiger charge is -2.14. The highest BCUT2D eigenvalue weighted by atomic mass is 15.1. The van der Waals surface area contributed by atoms with Crippen molar-refractivity contribution in [1.82, 2.24) is 14.9 Å². The molecule has 1 aromatic heterocycles. The highest BCUT2D eigenvalue weighted by Gasteiger charge is 2.20. The van der Waals surface area contributed by atoms with Gasteiger partial charge in [-0.3, -0.25) is 0 Å². The average Bonchev–Trinajstić information content (AvgIpc) is 3.18. The van der Waals surface area contributed by atoms with Crippen LogP contribution in [0.4, 0.5) is 0 Å². The lowest BCUT2D eigenvalue weighted by atomic mass is 10.0. The number of imidazole rings is 1. The van der Waals surface area contributed by atoms with Crippen molar-refractivity contribution >= 4 is 10.8 Å². The SMILES string of the molecule is c1ccc2c(Cn3cncc3C3CCNC3)cccc2c1. The minimum absolute atomic E-state index is 0.600. The standard InChI is InChI=1S/C18H19N3/c1-2-7-17-14(4-1)5-3-6-16(17)12-21-13-20-11-18(21)15-8-9-19-10-15/h1-7,11,13,15,19H,8-10,12H2. The lowest BCUT2D eigenvalue weighted by Crippen LogP contribution is -2.12. The Morgan fingerprint density at radius 1 is 1.14 bits per heavy atom. The van der Waals surface area contributed by atoms with Crippen molar-refractivity contribution < 1.29 is 0 Å². The van der Waals surface area contributed by atoms with E-state index in [9.17, 15) is 0 Å². The zero-order valence-corrected chi connectivity index (χ0v) is 12.0. The first-order valence-corrected chi connectivity index (χ1v) is 7.59. The Kier molecular flexibility index (Phi) is 3.20. The van der Waals surface area contributed by atoms with Gasteiger partial charge in [0.2, 0.25) is 0 Å². The van der Waals surface area contributed by atoms with Crippen LogP contribution in [0.3, 0.4) is 0 Å². The Morgan fingerprint density at radius 3 is 2.95 bits per heavy atom. The summed E-state index contributed by atoms with van der Waals surface area (Å²) in [6.07, 6.45) is 5.21. The Labute approximate surface area is 124 Å². The molecule has 1 aliphatic rings. The van der Waals surface area contributed by atoms with E-state index < -0.39 is 0 Å². The van der Waals surface area contributed by atoms with Gasteiger partial charge in [0.05, 0.1) is 6.33 Å². The van der Waals surface area contributed by atoms with Crippen molar-refractivity contribution in [3.8, 4) is 0 Å². The number of aromatic nitrogens is 2. The van der Waals surface area contributed by atoms with Gasteiger partial charge in [-0.1, -0.05) is 42.5 Å². The van der Waals surface area contributed by atoms with Crippen LogP contribution in [0.2, 0.25) is 0 Å². The largest absolute Gasteiger partial charge is 0.330 e. The van der Waals surface area contributed by atoms with Crippen molar-refractivity contribution in [3.63, 3.8) is 0 Å². The minimum atomic E-state index is 0.600. The molecule has 0 radical (unpaired) electrons. The molecule has 0 saturated carbocycles. The molecule has 1 aliphatic heterocycles. The molecule has 0 amide bonds. The zero-order chi connectivity index (χ0) is 14.1. The van der Waals surface area contributed by atoms with Crippen LogP contribution in [-0.2, 0) is 6.54 Å². The van der Waals surface area contributed by atoms with E-state index in [1.807, 2.05) is 12.5 Å². The van der Waals surface area contributed by atoms with Crippen LogP contribution >= 0.6 is 0 Å². The third-order valence-corrected chi connectivity index (χ3v) is 4.44. The van der Waals surface area contributed by atoms with Gasteiger partial charge in [-0.25, -0.2) is 4.98 Å². The highest BCUT2D eigenvalue weighted by molar-refractivity contribution is 5.85. The van der Waals surface area contributed by atoms with Gasteiger partial charge in [0.25, 0.3) is 0 Å². The van der Waals surface area contributed by atoms with Crippen LogP contribution in [0, 0.1) is 0 Å². The summed E-state index contributed by atoms with van der Waals surface area (Å²) in [6.45, 7) is 3.08. The molecular formula is C18H19N3. The molecule has 3 nitrogen and oxygen atoms in total. The van der Waals surface area contributed by atoms with Crippen LogP contribution in [0.15, 0.2) is 55.0 Å². The first kappa shape index (κ1) is 12.6. The van der Waals surface area contributed by atoms with E-state index in [1.165, 1.54) is 28.5 Å². The summed E-state index contributed by atoms with van der Waals surface area (Å²) in [5.41, 5.74) is 2.71. The third-order valence-electron chi connectivity index (χ3n) is 4.44. The van der Waals surface area contributed by atoms with Crippen molar-refractivity contribution in [3.05, 3.63) is 66.2 Å². The molecule has 1 fully saturated rings. The van der Waals surface area contributed by atoms with Gasteiger partial charge in [0.1, 0.15) is 0 Å². The fourth-order valence-corrected chi connectivity index (χ4v) is 3.32. The molecular weight excluding hydrogens is 258 g/mol. The number of benzene rings is 2. The molecule has 0 bridgehead atoms. The van der Waals surface area contributed by atoms with Gasteiger partial charge in [-0.05, 0) is 29.3 Å². The van der Waals surface area contributed by atoms with Crippen LogP contribution in [-0.4, -0.2) is 22.6 Å². The number of nitrogens with one attached hydrogen (secondary N) is 1.